The van der Waals surface area contributed by atoms with Crippen molar-refractivity contribution in [1.29, 1.82) is 0 Å². The molecule has 0 fully saturated rings. The third-order valence-corrected chi connectivity index (χ3v) is 4.76. The molecule has 1 heterocycles. The number of methoxy groups -OCH3 is 2. The number of rotatable bonds is 8. The molecule has 1 amide bonds. The molecule has 3 aromatic rings. The quantitative estimate of drug-likeness (QED) is 0.534. The Balaban J connectivity index is 1.74. The summed E-state index contributed by atoms with van der Waals surface area (Å²) in [5, 5.41) is 3.35. The highest BCUT2D eigenvalue weighted by atomic mass is 19.3. The minimum Gasteiger partial charge on any atom is -0.497 e. The molecule has 7 nitrogen and oxygen atoms in total. The second-order valence-electron chi connectivity index (χ2n) is 6.65. The van der Waals surface area contributed by atoms with Crippen LogP contribution in [0.2, 0.25) is 0 Å². The number of carbonyl (C=O) groups excluding carboxylic acids is 1. The van der Waals surface area contributed by atoms with Crippen LogP contribution < -0.4 is 25.2 Å². The third kappa shape index (κ3) is 5.11. The number of ether oxygens (including phenoxy) is 3. The molecule has 0 spiro atoms. The monoisotopic (exact) mass is 433 g/mol. The molecule has 0 aliphatic carbocycles. The van der Waals surface area contributed by atoms with E-state index in [2.05, 4.69) is 10.1 Å². The lowest BCUT2D eigenvalue weighted by molar-refractivity contribution is -0.116. The maximum atomic E-state index is 12.6. The first-order chi connectivity index (χ1) is 14.8. The fourth-order valence-corrected chi connectivity index (χ4v) is 3.20. The van der Waals surface area contributed by atoms with Crippen LogP contribution in [-0.4, -0.2) is 26.7 Å². The van der Waals surface area contributed by atoms with Gasteiger partial charge in [0.05, 0.1) is 14.2 Å². The average molecular weight is 433 g/mol. The summed E-state index contributed by atoms with van der Waals surface area (Å²) in [6.07, 6.45) is 0.142. The second kappa shape index (κ2) is 9.46. The van der Waals surface area contributed by atoms with Crippen LogP contribution in [0, 0.1) is 6.92 Å². The van der Waals surface area contributed by atoms with E-state index in [-0.39, 0.29) is 30.0 Å². The van der Waals surface area contributed by atoms with Crippen LogP contribution in [0.5, 0.6) is 17.2 Å². The molecular formula is C22H21F2NO6. The first kappa shape index (κ1) is 22.1. The lowest BCUT2D eigenvalue weighted by Crippen LogP contribution is -2.16. The lowest BCUT2D eigenvalue weighted by Gasteiger charge is -2.12. The molecule has 2 aromatic carbocycles. The van der Waals surface area contributed by atoms with Crippen molar-refractivity contribution in [1.82, 2.24) is 0 Å². The number of hydrogen-bond acceptors (Lipinski definition) is 6. The van der Waals surface area contributed by atoms with Gasteiger partial charge in [0.2, 0.25) is 5.91 Å². The van der Waals surface area contributed by atoms with Gasteiger partial charge in [0.1, 0.15) is 11.3 Å². The van der Waals surface area contributed by atoms with Gasteiger partial charge in [0.15, 0.2) is 11.5 Å². The Morgan fingerprint density at radius 1 is 1.10 bits per heavy atom. The van der Waals surface area contributed by atoms with Gasteiger partial charge in [-0.2, -0.15) is 8.78 Å². The van der Waals surface area contributed by atoms with Gasteiger partial charge in [-0.3, -0.25) is 4.79 Å². The summed E-state index contributed by atoms with van der Waals surface area (Å²) in [5.41, 5.74) is 1.25. The Labute approximate surface area is 176 Å². The maximum Gasteiger partial charge on any atom is 0.387 e. The SMILES string of the molecule is COc1ccc2c(C)c(CCC(=O)Nc3ccc(OC)c(OC(F)F)c3)c(=O)oc2c1. The Hall–Kier alpha value is -3.62. The molecule has 0 saturated carbocycles. The average Bonchev–Trinajstić information content (AvgIpc) is 2.73. The van der Waals surface area contributed by atoms with Crippen LogP contribution in [0.3, 0.4) is 0 Å². The predicted molar refractivity (Wildman–Crippen MR) is 110 cm³/mol. The van der Waals surface area contributed by atoms with Gasteiger partial charge < -0.3 is 23.9 Å². The Bertz CT molecular complexity index is 1160. The minimum absolute atomic E-state index is 0.00959. The van der Waals surface area contributed by atoms with Crippen LogP contribution in [0.15, 0.2) is 45.6 Å². The molecule has 0 radical (unpaired) electrons. The highest BCUT2D eigenvalue weighted by Gasteiger charge is 2.15. The molecule has 0 bridgehead atoms. The molecule has 1 aromatic heterocycles. The maximum absolute atomic E-state index is 12.6. The van der Waals surface area contributed by atoms with Crippen molar-refractivity contribution in [2.75, 3.05) is 19.5 Å². The Morgan fingerprint density at radius 3 is 2.55 bits per heavy atom. The second-order valence-corrected chi connectivity index (χ2v) is 6.65. The molecule has 164 valence electrons. The van der Waals surface area contributed by atoms with Crippen molar-refractivity contribution in [3.05, 3.63) is 57.9 Å². The van der Waals surface area contributed by atoms with E-state index in [0.717, 1.165) is 10.9 Å². The van der Waals surface area contributed by atoms with Crippen LogP contribution in [0.25, 0.3) is 11.0 Å². The zero-order chi connectivity index (χ0) is 22.5. The highest BCUT2D eigenvalue weighted by Crippen LogP contribution is 2.31. The molecule has 1 N–H and O–H groups in total. The summed E-state index contributed by atoms with van der Waals surface area (Å²) in [6, 6.07) is 9.32. The summed E-state index contributed by atoms with van der Waals surface area (Å²) >= 11 is 0. The molecule has 9 heteroatoms. The molecule has 0 unspecified atom stereocenters. The number of benzene rings is 2. The number of amides is 1. The Kier molecular flexibility index (Phi) is 6.74. The fourth-order valence-electron chi connectivity index (χ4n) is 3.20. The van der Waals surface area contributed by atoms with E-state index in [1.54, 1.807) is 25.1 Å². The van der Waals surface area contributed by atoms with Crippen molar-refractivity contribution in [3.8, 4) is 17.2 Å². The number of anilines is 1. The molecular weight excluding hydrogens is 412 g/mol. The molecule has 31 heavy (non-hydrogen) atoms. The Morgan fingerprint density at radius 2 is 1.87 bits per heavy atom. The van der Waals surface area contributed by atoms with Crippen LogP contribution in [0.4, 0.5) is 14.5 Å². The van der Waals surface area contributed by atoms with Crippen LogP contribution in [0.1, 0.15) is 17.5 Å². The molecule has 0 saturated heterocycles. The van der Waals surface area contributed by atoms with Crippen molar-refractivity contribution in [3.63, 3.8) is 0 Å². The summed E-state index contributed by atoms with van der Waals surface area (Å²) < 4.78 is 45.0. The van der Waals surface area contributed by atoms with E-state index < -0.39 is 18.1 Å². The number of alkyl halides is 2. The predicted octanol–water partition coefficient (Wildman–Crippen LogP) is 4.29. The van der Waals surface area contributed by atoms with E-state index in [0.29, 0.717) is 16.9 Å². The fraction of sp³-hybridized carbons (Fsp3) is 0.273. The first-order valence-corrected chi connectivity index (χ1v) is 9.35. The molecule has 0 aliphatic heterocycles. The van der Waals surface area contributed by atoms with Crippen LogP contribution >= 0.6 is 0 Å². The van der Waals surface area contributed by atoms with Crippen molar-refractivity contribution in [2.45, 2.75) is 26.4 Å². The lowest BCUT2D eigenvalue weighted by atomic mass is 10.0. The van der Waals surface area contributed by atoms with Gasteiger partial charge in [-0.25, -0.2) is 4.79 Å². The summed E-state index contributed by atoms with van der Waals surface area (Å²) in [4.78, 5) is 24.8. The number of hydrogen-bond donors (Lipinski definition) is 1. The number of halogens is 2. The van der Waals surface area contributed by atoms with Gasteiger partial charge >= 0.3 is 12.2 Å². The van der Waals surface area contributed by atoms with Gasteiger partial charge in [-0.05, 0) is 43.2 Å². The van der Waals surface area contributed by atoms with E-state index in [4.69, 9.17) is 13.9 Å². The zero-order valence-corrected chi connectivity index (χ0v) is 17.2. The third-order valence-electron chi connectivity index (χ3n) is 4.76. The van der Waals surface area contributed by atoms with Crippen LogP contribution in [-0.2, 0) is 11.2 Å². The minimum atomic E-state index is -3.03. The summed E-state index contributed by atoms with van der Waals surface area (Å²) in [7, 11) is 2.84. The normalized spacial score (nSPS) is 10.9. The highest BCUT2D eigenvalue weighted by molar-refractivity contribution is 5.91. The number of fused-ring (bicyclic) bond motifs is 1. The van der Waals surface area contributed by atoms with Gasteiger partial charge in [-0.15, -0.1) is 0 Å². The number of nitrogens with one attached hydrogen (secondary N) is 1. The van der Waals surface area contributed by atoms with E-state index in [9.17, 15) is 18.4 Å². The van der Waals surface area contributed by atoms with Crippen molar-refractivity contribution < 1.29 is 32.2 Å². The number of carbonyl (C=O) groups is 1. The zero-order valence-electron chi connectivity index (χ0n) is 17.2. The van der Waals surface area contributed by atoms with Gasteiger partial charge in [0.25, 0.3) is 0 Å². The standard InChI is InChI=1S/C22H21F2NO6/c1-12-15-6-5-14(28-2)11-18(15)30-21(27)16(12)7-9-20(26)25-13-4-8-17(29-3)19(10-13)31-22(23)24/h4-6,8,10-11,22H,7,9H2,1-3H3,(H,25,26). The molecule has 3 rings (SSSR count). The molecule has 0 aliphatic rings. The van der Waals surface area contributed by atoms with Crippen molar-refractivity contribution >= 4 is 22.6 Å². The largest absolute Gasteiger partial charge is 0.497 e. The summed E-state index contributed by atoms with van der Waals surface area (Å²) in [5.74, 6) is 0.0784. The number of aryl methyl sites for hydroxylation is 1. The summed E-state index contributed by atoms with van der Waals surface area (Å²) in [6.45, 7) is -1.24. The smallest absolute Gasteiger partial charge is 0.387 e. The van der Waals surface area contributed by atoms with Gasteiger partial charge in [0, 0.05) is 35.2 Å². The van der Waals surface area contributed by atoms with E-state index >= 15 is 0 Å². The molecule has 0 atom stereocenters. The first-order valence-electron chi connectivity index (χ1n) is 9.35. The topological polar surface area (TPSA) is 87.0 Å². The van der Waals surface area contributed by atoms with Crippen molar-refractivity contribution in [2.24, 2.45) is 0 Å². The van der Waals surface area contributed by atoms with E-state index in [1.807, 2.05) is 0 Å². The van der Waals surface area contributed by atoms with E-state index in [1.165, 1.54) is 32.4 Å². The van der Waals surface area contributed by atoms with Gasteiger partial charge in [-0.1, -0.05) is 0 Å².